The van der Waals surface area contributed by atoms with Crippen molar-refractivity contribution in [1.29, 1.82) is 0 Å². The van der Waals surface area contributed by atoms with Crippen molar-refractivity contribution in [3.05, 3.63) is 29.6 Å². The standard InChI is InChI=1S/C7H4F3NO2/c8-3-1-4(9)6(10)5(2-3)11-7(12)13/h1-2,11H,(H,12,13). The molecule has 13 heavy (non-hydrogen) atoms. The van der Waals surface area contributed by atoms with Crippen molar-refractivity contribution >= 4 is 11.8 Å². The smallest absolute Gasteiger partial charge is 0.409 e. The molecule has 1 rings (SSSR count). The van der Waals surface area contributed by atoms with Crippen LogP contribution < -0.4 is 5.32 Å². The lowest BCUT2D eigenvalue weighted by molar-refractivity contribution is 0.209. The van der Waals surface area contributed by atoms with Crippen LogP contribution in [0.25, 0.3) is 0 Å². The van der Waals surface area contributed by atoms with Gasteiger partial charge >= 0.3 is 6.09 Å². The summed E-state index contributed by atoms with van der Waals surface area (Å²) in [6.07, 6.45) is -1.59. The molecule has 0 saturated heterocycles. The number of nitrogens with one attached hydrogen (secondary N) is 1. The molecule has 1 aromatic carbocycles. The molecule has 0 radical (unpaired) electrons. The fraction of sp³-hybridized carbons (Fsp3) is 0. The SMILES string of the molecule is O=C(O)Nc1cc(F)cc(F)c1F. The second kappa shape index (κ2) is 3.34. The molecule has 0 bridgehead atoms. The molecule has 0 heterocycles. The second-order valence-corrected chi connectivity index (χ2v) is 2.18. The molecule has 6 heteroatoms. The summed E-state index contributed by atoms with van der Waals surface area (Å²) in [5.41, 5.74) is -0.745. The minimum Gasteiger partial charge on any atom is -0.465 e. The number of amides is 1. The Balaban J connectivity index is 3.12. The van der Waals surface area contributed by atoms with Crippen molar-refractivity contribution in [2.75, 3.05) is 5.32 Å². The zero-order valence-corrected chi connectivity index (χ0v) is 6.14. The highest BCUT2D eigenvalue weighted by Gasteiger charge is 2.12. The molecule has 0 saturated carbocycles. The molecule has 0 fully saturated rings. The Morgan fingerprint density at radius 3 is 2.46 bits per heavy atom. The first-order valence-electron chi connectivity index (χ1n) is 3.15. The van der Waals surface area contributed by atoms with Gasteiger partial charge in [0.05, 0.1) is 5.69 Å². The third kappa shape index (κ3) is 2.11. The Morgan fingerprint density at radius 1 is 1.31 bits per heavy atom. The van der Waals surface area contributed by atoms with E-state index in [9.17, 15) is 18.0 Å². The molecule has 3 nitrogen and oxygen atoms in total. The Kier molecular flexibility index (Phi) is 2.41. The van der Waals surface area contributed by atoms with E-state index in [-0.39, 0.29) is 0 Å². The van der Waals surface area contributed by atoms with E-state index in [1.807, 2.05) is 0 Å². The highest BCUT2D eigenvalue weighted by atomic mass is 19.2. The van der Waals surface area contributed by atoms with Crippen molar-refractivity contribution in [3.8, 4) is 0 Å². The number of hydrogen-bond donors (Lipinski definition) is 2. The summed E-state index contributed by atoms with van der Waals surface area (Å²) in [5, 5.41) is 9.67. The maximum Gasteiger partial charge on any atom is 0.409 e. The number of carboxylic acid groups (broad SMARTS) is 1. The molecule has 0 aliphatic carbocycles. The molecular formula is C7H4F3NO2. The van der Waals surface area contributed by atoms with E-state index >= 15 is 0 Å². The zero-order chi connectivity index (χ0) is 10.0. The maximum absolute atomic E-state index is 12.7. The molecule has 70 valence electrons. The van der Waals surface area contributed by atoms with Crippen molar-refractivity contribution in [2.24, 2.45) is 0 Å². The third-order valence-corrected chi connectivity index (χ3v) is 1.23. The predicted octanol–water partition coefficient (Wildman–Crippen LogP) is 2.19. The van der Waals surface area contributed by atoms with Crippen LogP contribution in [0.4, 0.5) is 23.7 Å². The Labute approximate surface area is 70.8 Å². The molecule has 0 atom stereocenters. The van der Waals surface area contributed by atoms with Crippen LogP contribution in [-0.4, -0.2) is 11.2 Å². The summed E-state index contributed by atoms with van der Waals surface area (Å²) in [6, 6.07) is 0.870. The maximum atomic E-state index is 12.7. The summed E-state index contributed by atoms with van der Waals surface area (Å²) in [4.78, 5) is 10.0. The van der Waals surface area contributed by atoms with Crippen LogP contribution in [0, 0.1) is 17.5 Å². The molecule has 1 aromatic rings. The van der Waals surface area contributed by atoms with Crippen molar-refractivity contribution in [2.45, 2.75) is 0 Å². The van der Waals surface area contributed by atoms with E-state index in [2.05, 4.69) is 0 Å². The van der Waals surface area contributed by atoms with Crippen LogP contribution in [0.15, 0.2) is 12.1 Å². The summed E-state index contributed by atoms with van der Waals surface area (Å²) < 4.78 is 37.5. The van der Waals surface area contributed by atoms with E-state index < -0.39 is 29.2 Å². The van der Waals surface area contributed by atoms with Gasteiger partial charge in [0.1, 0.15) is 5.82 Å². The van der Waals surface area contributed by atoms with Crippen LogP contribution in [-0.2, 0) is 0 Å². The first kappa shape index (κ1) is 9.37. The summed E-state index contributed by atoms with van der Waals surface area (Å²) in [7, 11) is 0. The summed E-state index contributed by atoms with van der Waals surface area (Å²) >= 11 is 0. The lowest BCUT2D eigenvalue weighted by atomic mass is 10.3. The van der Waals surface area contributed by atoms with E-state index in [0.29, 0.717) is 12.1 Å². The van der Waals surface area contributed by atoms with E-state index in [1.54, 1.807) is 0 Å². The minimum absolute atomic E-state index is 0.322. The van der Waals surface area contributed by atoms with E-state index in [0.717, 1.165) is 0 Å². The lowest BCUT2D eigenvalue weighted by Crippen LogP contribution is -2.10. The van der Waals surface area contributed by atoms with Gasteiger partial charge in [0.15, 0.2) is 11.6 Å². The van der Waals surface area contributed by atoms with Crippen molar-refractivity contribution in [3.63, 3.8) is 0 Å². The third-order valence-electron chi connectivity index (χ3n) is 1.23. The molecule has 0 unspecified atom stereocenters. The summed E-state index contributed by atoms with van der Waals surface area (Å²) in [5.74, 6) is -3.92. The van der Waals surface area contributed by atoms with Gasteiger partial charge in [-0.1, -0.05) is 0 Å². The highest BCUT2D eigenvalue weighted by Crippen LogP contribution is 2.18. The van der Waals surface area contributed by atoms with Gasteiger partial charge in [-0.15, -0.1) is 0 Å². The fourth-order valence-electron chi connectivity index (χ4n) is 0.762. The molecule has 2 N–H and O–H groups in total. The largest absolute Gasteiger partial charge is 0.465 e. The van der Waals surface area contributed by atoms with Crippen LogP contribution >= 0.6 is 0 Å². The molecule has 0 aromatic heterocycles. The zero-order valence-electron chi connectivity index (χ0n) is 6.14. The van der Waals surface area contributed by atoms with Gasteiger partial charge in [-0.3, -0.25) is 5.32 Å². The van der Waals surface area contributed by atoms with Crippen molar-refractivity contribution in [1.82, 2.24) is 0 Å². The predicted molar refractivity (Wildman–Crippen MR) is 38.0 cm³/mol. The van der Waals surface area contributed by atoms with Gasteiger partial charge < -0.3 is 5.11 Å². The Hall–Kier alpha value is -1.72. The van der Waals surface area contributed by atoms with E-state index in [1.165, 1.54) is 5.32 Å². The van der Waals surface area contributed by atoms with Crippen LogP contribution in [0.5, 0.6) is 0 Å². The first-order chi connectivity index (χ1) is 6.00. The minimum atomic E-state index is -1.59. The van der Waals surface area contributed by atoms with Gasteiger partial charge in [0, 0.05) is 12.1 Å². The monoisotopic (exact) mass is 191 g/mol. The van der Waals surface area contributed by atoms with Crippen molar-refractivity contribution < 1.29 is 23.1 Å². The molecule has 0 spiro atoms. The Morgan fingerprint density at radius 2 is 1.92 bits per heavy atom. The van der Waals surface area contributed by atoms with Crippen LogP contribution in [0.1, 0.15) is 0 Å². The van der Waals surface area contributed by atoms with Crippen LogP contribution in [0.2, 0.25) is 0 Å². The van der Waals surface area contributed by atoms with E-state index in [4.69, 9.17) is 5.11 Å². The molecular weight excluding hydrogens is 187 g/mol. The van der Waals surface area contributed by atoms with Gasteiger partial charge in [-0.05, 0) is 0 Å². The summed E-state index contributed by atoms with van der Waals surface area (Å²) in [6.45, 7) is 0. The first-order valence-corrected chi connectivity index (χ1v) is 3.15. The number of carbonyl (C=O) groups is 1. The lowest BCUT2D eigenvalue weighted by Gasteiger charge is -2.02. The second-order valence-electron chi connectivity index (χ2n) is 2.18. The normalized spacial score (nSPS) is 9.77. The quantitative estimate of drug-likeness (QED) is 0.668. The number of hydrogen-bond acceptors (Lipinski definition) is 1. The number of anilines is 1. The fourth-order valence-corrected chi connectivity index (χ4v) is 0.762. The van der Waals surface area contributed by atoms with Crippen LogP contribution in [0.3, 0.4) is 0 Å². The van der Waals surface area contributed by atoms with Gasteiger partial charge in [-0.25, -0.2) is 18.0 Å². The van der Waals surface area contributed by atoms with Gasteiger partial charge in [0.2, 0.25) is 0 Å². The average Bonchev–Trinajstić information content (AvgIpc) is 1.98. The van der Waals surface area contributed by atoms with Gasteiger partial charge in [-0.2, -0.15) is 0 Å². The number of benzene rings is 1. The van der Waals surface area contributed by atoms with Gasteiger partial charge in [0.25, 0.3) is 0 Å². The Bertz CT molecular complexity index is 354. The number of rotatable bonds is 1. The number of halogens is 3. The molecule has 0 aliphatic heterocycles. The average molecular weight is 191 g/mol. The molecule has 0 aliphatic rings. The molecule has 1 amide bonds. The highest BCUT2D eigenvalue weighted by molar-refractivity contribution is 5.82. The topological polar surface area (TPSA) is 49.3 Å².